The first-order valence-electron chi connectivity index (χ1n) is 8.01. The van der Waals surface area contributed by atoms with E-state index in [9.17, 15) is 9.90 Å². The summed E-state index contributed by atoms with van der Waals surface area (Å²) in [6.07, 6.45) is 5.86. The van der Waals surface area contributed by atoms with Gasteiger partial charge in [-0.15, -0.1) is 5.10 Å². The maximum atomic E-state index is 11.9. The largest absolute Gasteiger partial charge is 0.481 e. The molecule has 3 rings (SSSR count). The highest BCUT2D eigenvalue weighted by atomic mass is 16.4. The zero-order chi connectivity index (χ0) is 15.0. The van der Waals surface area contributed by atoms with Crippen molar-refractivity contribution in [3.8, 4) is 0 Å². The normalized spacial score (nSPS) is 31.0. The lowest BCUT2D eigenvalue weighted by Crippen LogP contribution is -2.39. The predicted octanol–water partition coefficient (Wildman–Crippen LogP) is 2.47. The molecule has 0 aliphatic heterocycles. The smallest absolute Gasteiger partial charge is 0.311 e. The van der Waals surface area contributed by atoms with Gasteiger partial charge in [-0.05, 0) is 60.8 Å². The van der Waals surface area contributed by atoms with Crippen LogP contribution in [-0.4, -0.2) is 31.3 Å². The van der Waals surface area contributed by atoms with E-state index >= 15 is 0 Å². The van der Waals surface area contributed by atoms with E-state index in [0.717, 1.165) is 31.5 Å². The van der Waals surface area contributed by atoms with Crippen LogP contribution in [0.1, 0.15) is 64.1 Å². The van der Waals surface area contributed by atoms with Crippen LogP contribution in [0, 0.1) is 17.3 Å². The van der Waals surface area contributed by atoms with Gasteiger partial charge in [-0.3, -0.25) is 4.79 Å². The zero-order valence-electron chi connectivity index (χ0n) is 12.8. The summed E-state index contributed by atoms with van der Waals surface area (Å²) in [6.45, 7) is 4.76. The van der Waals surface area contributed by atoms with Crippen LogP contribution >= 0.6 is 0 Å². The first kappa shape index (κ1) is 14.5. The third-order valence-electron chi connectivity index (χ3n) is 5.43. The van der Waals surface area contributed by atoms with Crippen molar-refractivity contribution in [1.82, 2.24) is 20.2 Å². The monoisotopic (exact) mass is 292 g/mol. The molecule has 21 heavy (non-hydrogen) atoms. The maximum Gasteiger partial charge on any atom is 0.311 e. The lowest BCUT2D eigenvalue weighted by molar-refractivity contribution is -0.153. The van der Waals surface area contributed by atoms with Crippen LogP contribution in [0.15, 0.2) is 0 Å². The second-order valence-corrected chi connectivity index (χ2v) is 7.09. The Balaban J connectivity index is 1.80. The van der Waals surface area contributed by atoms with Crippen molar-refractivity contribution < 1.29 is 9.90 Å². The summed E-state index contributed by atoms with van der Waals surface area (Å²) < 4.78 is 1.76. The van der Waals surface area contributed by atoms with Gasteiger partial charge in [0.1, 0.15) is 0 Å². The molecule has 2 saturated carbocycles. The zero-order valence-corrected chi connectivity index (χ0v) is 12.8. The Morgan fingerprint density at radius 3 is 2.62 bits per heavy atom. The molecule has 0 bridgehead atoms. The van der Waals surface area contributed by atoms with Crippen molar-refractivity contribution >= 4 is 5.97 Å². The average Bonchev–Trinajstić information content (AvgIpc) is 3.21. The molecule has 2 fully saturated rings. The molecule has 0 aromatic carbocycles. The Morgan fingerprint density at radius 1 is 1.38 bits per heavy atom. The first-order valence-corrected chi connectivity index (χ1v) is 8.01. The molecule has 2 aliphatic carbocycles. The van der Waals surface area contributed by atoms with E-state index in [1.54, 1.807) is 4.68 Å². The lowest BCUT2D eigenvalue weighted by Gasteiger charge is -2.35. The maximum absolute atomic E-state index is 11.9. The van der Waals surface area contributed by atoms with Crippen molar-refractivity contribution in [1.29, 1.82) is 0 Å². The second kappa shape index (κ2) is 5.39. The highest BCUT2D eigenvalue weighted by Crippen LogP contribution is 2.43. The molecule has 2 aliphatic rings. The predicted molar refractivity (Wildman–Crippen MR) is 76.7 cm³/mol. The van der Waals surface area contributed by atoms with Crippen molar-refractivity contribution in [3.05, 3.63) is 5.82 Å². The van der Waals surface area contributed by atoms with Crippen molar-refractivity contribution in [2.45, 2.75) is 64.8 Å². The molecule has 0 spiro atoms. The van der Waals surface area contributed by atoms with Crippen LogP contribution in [0.3, 0.4) is 0 Å². The molecule has 1 N–H and O–H groups in total. The SMILES string of the molecule is CC1CCC(Cn2nnnc2C(C)C2CC2)(C(=O)O)CC1. The topological polar surface area (TPSA) is 80.9 Å². The molecule has 1 aromatic rings. The first-order chi connectivity index (χ1) is 10.0. The fraction of sp³-hybridized carbons (Fsp3) is 0.867. The molecule has 1 unspecified atom stereocenters. The lowest BCUT2D eigenvalue weighted by atomic mass is 9.71. The number of tetrazole rings is 1. The van der Waals surface area contributed by atoms with Crippen LogP contribution < -0.4 is 0 Å². The number of rotatable bonds is 5. The average molecular weight is 292 g/mol. The van der Waals surface area contributed by atoms with E-state index in [4.69, 9.17) is 0 Å². The molecular formula is C15H24N4O2. The third kappa shape index (κ3) is 2.80. The summed E-state index contributed by atoms with van der Waals surface area (Å²) in [6, 6.07) is 0. The molecule has 6 heteroatoms. The van der Waals surface area contributed by atoms with E-state index in [2.05, 4.69) is 29.4 Å². The van der Waals surface area contributed by atoms with Crippen molar-refractivity contribution in [2.24, 2.45) is 17.3 Å². The Morgan fingerprint density at radius 2 is 2.05 bits per heavy atom. The van der Waals surface area contributed by atoms with Crippen molar-refractivity contribution in [3.63, 3.8) is 0 Å². The van der Waals surface area contributed by atoms with Gasteiger partial charge in [-0.1, -0.05) is 13.8 Å². The van der Waals surface area contributed by atoms with Gasteiger partial charge in [0.15, 0.2) is 5.82 Å². The number of carboxylic acid groups (broad SMARTS) is 1. The molecule has 0 amide bonds. The van der Waals surface area contributed by atoms with Crippen LogP contribution in [0.5, 0.6) is 0 Å². The van der Waals surface area contributed by atoms with Crippen LogP contribution in [0.4, 0.5) is 0 Å². The van der Waals surface area contributed by atoms with E-state index in [1.165, 1.54) is 12.8 Å². The summed E-state index contributed by atoms with van der Waals surface area (Å²) in [5.41, 5.74) is -0.695. The van der Waals surface area contributed by atoms with E-state index < -0.39 is 11.4 Å². The fourth-order valence-electron chi connectivity index (χ4n) is 3.50. The Bertz CT molecular complexity index is 515. The number of hydrogen-bond acceptors (Lipinski definition) is 4. The Hall–Kier alpha value is -1.46. The minimum Gasteiger partial charge on any atom is -0.481 e. The summed E-state index contributed by atoms with van der Waals surface area (Å²) in [5.74, 6) is 1.78. The molecule has 0 radical (unpaired) electrons. The fourth-order valence-corrected chi connectivity index (χ4v) is 3.50. The summed E-state index contributed by atoms with van der Waals surface area (Å²) in [5, 5.41) is 21.8. The second-order valence-electron chi connectivity index (χ2n) is 7.09. The Labute approximate surface area is 124 Å². The van der Waals surface area contributed by atoms with E-state index in [-0.39, 0.29) is 0 Å². The molecule has 116 valence electrons. The highest BCUT2D eigenvalue weighted by molar-refractivity contribution is 5.74. The van der Waals surface area contributed by atoms with E-state index in [1.807, 2.05) is 0 Å². The van der Waals surface area contributed by atoms with Gasteiger partial charge in [0.05, 0.1) is 12.0 Å². The molecule has 1 heterocycles. The highest BCUT2D eigenvalue weighted by Gasteiger charge is 2.43. The van der Waals surface area contributed by atoms with Crippen LogP contribution in [0.2, 0.25) is 0 Å². The van der Waals surface area contributed by atoms with Gasteiger partial charge < -0.3 is 5.11 Å². The number of aliphatic carboxylic acids is 1. The van der Waals surface area contributed by atoms with Crippen molar-refractivity contribution in [2.75, 3.05) is 0 Å². The van der Waals surface area contributed by atoms with Gasteiger partial charge in [-0.2, -0.15) is 0 Å². The van der Waals surface area contributed by atoms with Crippen LogP contribution in [-0.2, 0) is 11.3 Å². The minimum atomic E-state index is -0.699. The molecule has 0 saturated heterocycles. The number of aromatic nitrogens is 4. The summed E-state index contributed by atoms with van der Waals surface area (Å²) in [7, 11) is 0. The molecule has 1 atom stereocenters. The van der Waals surface area contributed by atoms with Crippen LogP contribution in [0.25, 0.3) is 0 Å². The summed E-state index contributed by atoms with van der Waals surface area (Å²) in [4.78, 5) is 11.9. The number of hydrogen-bond donors (Lipinski definition) is 1. The number of carbonyl (C=O) groups is 1. The Kier molecular flexibility index (Phi) is 3.71. The van der Waals surface area contributed by atoms with Gasteiger partial charge in [0, 0.05) is 5.92 Å². The van der Waals surface area contributed by atoms with Gasteiger partial charge in [-0.25, -0.2) is 4.68 Å². The minimum absolute atomic E-state index is 0.327. The van der Waals surface area contributed by atoms with E-state index in [0.29, 0.717) is 24.3 Å². The molecule has 1 aromatic heterocycles. The van der Waals surface area contributed by atoms with Gasteiger partial charge >= 0.3 is 5.97 Å². The van der Waals surface area contributed by atoms with Gasteiger partial charge in [0.2, 0.25) is 0 Å². The summed E-state index contributed by atoms with van der Waals surface area (Å²) >= 11 is 0. The number of nitrogens with zero attached hydrogens (tertiary/aromatic N) is 4. The standard InChI is InChI=1S/C15H24N4O2/c1-10-5-7-15(8-6-10,14(20)21)9-19-13(16-17-18-19)11(2)12-3-4-12/h10-12H,3-9H2,1-2H3,(H,20,21). The quantitative estimate of drug-likeness (QED) is 0.901. The molecular weight excluding hydrogens is 268 g/mol. The third-order valence-corrected chi connectivity index (χ3v) is 5.43. The number of carboxylic acids is 1. The van der Waals surface area contributed by atoms with Gasteiger partial charge in [0.25, 0.3) is 0 Å². The molecule has 6 nitrogen and oxygen atoms in total.